The summed E-state index contributed by atoms with van der Waals surface area (Å²) >= 11 is 0. The molecule has 1 aliphatic heterocycles. The minimum absolute atomic E-state index is 0.0564. The Hall–Kier alpha value is -4.33. The number of unbranched alkanes of at least 4 members (excludes halogenated alkanes) is 1. The Labute approximate surface area is 215 Å². The molecule has 0 radical (unpaired) electrons. The number of carbonyl (C=O) groups is 2. The molecular formula is C29H29N5O3. The minimum atomic E-state index is -0.801. The Morgan fingerprint density at radius 1 is 0.865 bits per heavy atom. The number of aromatic nitrogens is 3. The van der Waals surface area contributed by atoms with Crippen molar-refractivity contribution in [1.29, 1.82) is 0 Å². The molecule has 3 heterocycles. The van der Waals surface area contributed by atoms with Gasteiger partial charge in [0.15, 0.2) is 5.65 Å². The second-order valence-electron chi connectivity index (χ2n) is 9.17. The summed E-state index contributed by atoms with van der Waals surface area (Å²) in [6, 6.07) is 21.8. The van der Waals surface area contributed by atoms with E-state index >= 15 is 0 Å². The quantitative estimate of drug-likeness (QED) is 0.361. The maximum absolute atomic E-state index is 13.3. The lowest BCUT2D eigenvalue weighted by molar-refractivity contribution is -0.137. The highest BCUT2D eigenvalue weighted by molar-refractivity contribution is 5.96. The summed E-state index contributed by atoms with van der Waals surface area (Å²) < 4.78 is 0. The van der Waals surface area contributed by atoms with Gasteiger partial charge in [-0.25, -0.2) is 15.0 Å². The zero-order valence-electron chi connectivity index (χ0n) is 20.6. The van der Waals surface area contributed by atoms with Crippen molar-refractivity contribution >= 4 is 28.7 Å². The van der Waals surface area contributed by atoms with E-state index in [1.54, 1.807) is 12.3 Å². The topological polar surface area (TPSA) is 99.5 Å². The first-order valence-electron chi connectivity index (χ1n) is 12.6. The number of aliphatic carboxylic acids is 1. The molecule has 1 saturated heterocycles. The van der Waals surface area contributed by atoms with Crippen LogP contribution in [0.1, 0.15) is 35.3 Å². The fourth-order valence-corrected chi connectivity index (χ4v) is 4.66. The number of rotatable bonds is 8. The summed E-state index contributed by atoms with van der Waals surface area (Å²) in [6.45, 7) is 2.83. The lowest BCUT2D eigenvalue weighted by Gasteiger charge is -2.36. The molecule has 1 N–H and O–H groups in total. The van der Waals surface area contributed by atoms with Crippen LogP contribution in [0.2, 0.25) is 0 Å². The number of benzene rings is 2. The largest absolute Gasteiger partial charge is 0.481 e. The minimum Gasteiger partial charge on any atom is -0.481 e. The Balaban J connectivity index is 1.36. The first-order chi connectivity index (χ1) is 18.1. The van der Waals surface area contributed by atoms with Crippen LogP contribution in [0, 0.1) is 0 Å². The number of hydrogen-bond acceptors (Lipinski definition) is 6. The summed E-state index contributed by atoms with van der Waals surface area (Å²) in [4.78, 5) is 42.5. The van der Waals surface area contributed by atoms with Crippen LogP contribution in [-0.4, -0.2) is 63.0 Å². The van der Waals surface area contributed by atoms with Crippen molar-refractivity contribution in [2.24, 2.45) is 0 Å². The van der Waals surface area contributed by atoms with E-state index < -0.39 is 5.97 Å². The molecule has 2 aromatic heterocycles. The van der Waals surface area contributed by atoms with Crippen molar-refractivity contribution in [2.45, 2.75) is 25.7 Å². The number of aryl methyl sites for hydroxylation is 1. The monoisotopic (exact) mass is 495 g/mol. The van der Waals surface area contributed by atoms with E-state index in [1.807, 2.05) is 53.4 Å². The maximum Gasteiger partial charge on any atom is 0.303 e. The third-order valence-electron chi connectivity index (χ3n) is 6.63. The van der Waals surface area contributed by atoms with Crippen molar-refractivity contribution in [3.63, 3.8) is 0 Å². The Morgan fingerprint density at radius 2 is 1.57 bits per heavy atom. The molecule has 2 aromatic carbocycles. The van der Waals surface area contributed by atoms with Gasteiger partial charge < -0.3 is 14.9 Å². The average molecular weight is 496 g/mol. The third-order valence-corrected chi connectivity index (χ3v) is 6.63. The highest BCUT2D eigenvalue weighted by atomic mass is 16.4. The third kappa shape index (κ3) is 5.74. The van der Waals surface area contributed by atoms with E-state index in [2.05, 4.69) is 22.0 Å². The highest BCUT2D eigenvalue weighted by Crippen LogP contribution is 2.25. The van der Waals surface area contributed by atoms with E-state index in [0.29, 0.717) is 49.1 Å². The van der Waals surface area contributed by atoms with E-state index in [-0.39, 0.29) is 12.3 Å². The number of nitrogens with zero attached hydrogens (tertiary/aromatic N) is 5. The van der Waals surface area contributed by atoms with Crippen molar-refractivity contribution < 1.29 is 14.7 Å². The number of hydrogen-bond donors (Lipinski definition) is 1. The van der Waals surface area contributed by atoms with Gasteiger partial charge in [-0.05, 0) is 37.5 Å². The average Bonchev–Trinajstić information content (AvgIpc) is 2.95. The van der Waals surface area contributed by atoms with Crippen molar-refractivity contribution in [1.82, 2.24) is 19.9 Å². The van der Waals surface area contributed by atoms with Gasteiger partial charge in [-0.3, -0.25) is 9.59 Å². The Kier molecular flexibility index (Phi) is 7.35. The standard InChI is InChI=1S/C29H29N5O3/c35-26(36)14-8-7-13-24-27(21-9-3-1-4-10-21)32-28-25(31-24)19-22(20-30-28)29(37)34-17-15-33(16-18-34)23-11-5-2-6-12-23/h1-6,9-12,19-20H,7-8,13-18H2,(H,35,36). The van der Waals surface area contributed by atoms with Gasteiger partial charge in [-0.1, -0.05) is 48.5 Å². The second kappa shape index (κ2) is 11.2. The second-order valence-corrected chi connectivity index (χ2v) is 9.17. The van der Waals surface area contributed by atoms with Crippen LogP contribution >= 0.6 is 0 Å². The molecule has 1 aliphatic rings. The molecule has 188 valence electrons. The zero-order valence-corrected chi connectivity index (χ0v) is 20.6. The van der Waals surface area contributed by atoms with Gasteiger partial charge in [0.05, 0.1) is 17.0 Å². The van der Waals surface area contributed by atoms with Crippen LogP contribution in [0.3, 0.4) is 0 Å². The van der Waals surface area contributed by atoms with Crippen molar-refractivity contribution in [3.8, 4) is 11.3 Å². The molecule has 0 aliphatic carbocycles. The van der Waals surface area contributed by atoms with E-state index in [4.69, 9.17) is 15.1 Å². The smallest absolute Gasteiger partial charge is 0.303 e. The van der Waals surface area contributed by atoms with Crippen LogP contribution in [0.25, 0.3) is 22.4 Å². The molecule has 5 rings (SSSR count). The van der Waals surface area contributed by atoms with Crippen LogP contribution in [0.15, 0.2) is 72.9 Å². The van der Waals surface area contributed by atoms with Crippen LogP contribution < -0.4 is 4.90 Å². The van der Waals surface area contributed by atoms with Gasteiger partial charge in [0.2, 0.25) is 0 Å². The molecule has 0 saturated carbocycles. The normalized spacial score (nSPS) is 13.6. The number of amides is 1. The fraction of sp³-hybridized carbons (Fsp3) is 0.276. The van der Waals surface area contributed by atoms with E-state index in [9.17, 15) is 9.59 Å². The first-order valence-corrected chi connectivity index (χ1v) is 12.6. The molecule has 0 spiro atoms. The van der Waals surface area contributed by atoms with Crippen molar-refractivity contribution in [3.05, 3.63) is 84.2 Å². The molecule has 37 heavy (non-hydrogen) atoms. The number of anilines is 1. The number of para-hydroxylation sites is 1. The fourth-order valence-electron chi connectivity index (χ4n) is 4.66. The predicted octanol–water partition coefficient (Wildman–Crippen LogP) is 4.45. The van der Waals surface area contributed by atoms with Gasteiger partial charge in [-0.15, -0.1) is 0 Å². The Morgan fingerprint density at radius 3 is 2.27 bits per heavy atom. The summed E-state index contributed by atoms with van der Waals surface area (Å²) in [5.41, 5.74) is 5.18. The van der Waals surface area contributed by atoms with Crippen molar-refractivity contribution in [2.75, 3.05) is 31.1 Å². The number of fused-ring (bicyclic) bond motifs is 1. The molecule has 8 nitrogen and oxygen atoms in total. The van der Waals surface area contributed by atoms with E-state index in [0.717, 1.165) is 30.0 Å². The molecule has 1 amide bonds. The summed E-state index contributed by atoms with van der Waals surface area (Å²) in [5, 5.41) is 8.97. The van der Waals surface area contributed by atoms with Gasteiger partial charge >= 0.3 is 5.97 Å². The van der Waals surface area contributed by atoms with Gasteiger partial charge in [0.1, 0.15) is 5.52 Å². The van der Waals surface area contributed by atoms with Crippen LogP contribution in [0.5, 0.6) is 0 Å². The van der Waals surface area contributed by atoms with Crippen LogP contribution in [0.4, 0.5) is 5.69 Å². The number of carbonyl (C=O) groups excluding carboxylic acids is 1. The van der Waals surface area contributed by atoms with Crippen LogP contribution in [-0.2, 0) is 11.2 Å². The molecular weight excluding hydrogens is 466 g/mol. The molecule has 8 heteroatoms. The van der Waals surface area contributed by atoms with Gasteiger partial charge in [0.25, 0.3) is 5.91 Å². The summed E-state index contributed by atoms with van der Waals surface area (Å²) in [6.07, 6.45) is 3.56. The first kappa shape index (κ1) is 24.4. The lowest BCUT2D eigenvalue weighted by Crippen LogP contribution is -2.48. The summed E-state index contributed by atoms with van der Waals surface area (Å²) in [7, 11) is 0. The molecule has 0 bridgehead atoms. The Bertz CT molecular complexity index is 1390. The predicted molar refractivity (Wildman–Crippen MR) is 143 cm³/mol. The van der Waals surface area contributed by atoms with Gasteiger partial charge in [0, 0.05) is 50.0 Å². The molecule has 4 aromatic rings. The number of carboxylic acid groups (broad SMARTS) is 1. The SMILES string of the molecule is O=C(O)CCCCc1nc2cc(C(=O)N3CCN(c4ccccc4)CC3)cnc2nc1-c1ccccc1. The number of pyridine rings is 1. The zero-order chi connectivity index (χ0) is 25.6. The highest BCUT2D eigenvalue weighted by Gasteiger charge is 2.23. The number of carboxylic acids is 1. The molecule has 0 atom stereocenters. The molecule has 0 unspecified atom stereocenters. The lowest BCUT2D eigenvalue weighted by atomic mass is 10.0. The maximum atomic E-state index is 13.3. The van der Waals surface area contributed by atoms with E-state index in [1.165, 1.54) is 5.69 Å². The molecule has 1 fully saturated rings. The number of piperazine rings is 1. The summed E-state index contributed by atoms with van der Waals surface area (Å²) in [5.74, 6) is -0.858. The van der Waals surface area contributed by atoms with Gasteiger partial charge in [-0.2, -0.15) is 0 Å².